The number of nitrogens with one attached hydrogen (secondary N) is 1. The first-order valence-corrected chi connectivity index (χ1v) is 10.5. The van der Waals surface area contributed by atoms with Crippen molar-refractivity contribution in [2.24, 2.45) is 0 Å². The first kappa shape index (κ1) is 24.7. The Morgan fingerprint density at radius 3 is 2.52 bits per heavy atom. The molecule has 6 nitrogen and oxygen atoms in total. The molecule has 0 saturated carbocycles. The number of aromatic nitrogens is 2. The van der Waals surface area contributed by atoms with Crippen molar-refractivity contribution in [2.45, 2.75) is 45.3 Å². The minimum atomic E-state index is -3.78. The molecule has 0 saturated heterocycles. The van der Waals surface area contributed by atoms with Crippen molar-refractivity contribution in [3.05, 3.63) is 59.2 Å². The van der Waals surface area contributed by atoms with E-state index in [1.54, 1.807) is 39.2 Å². The number of aliphatic hydroxyl groups is 1. The molecular weight excluding hydrogens is 435 g/mol. The molecule has 33 heavy (non-hydrogen) atoms. The number of alkyl halides is 2. The Hall–Kier alpha value is -2.91. The van der Waals surface area contributed by atoms with E-state index in [1.165, 1.54) is 12.1 Å². The molecule has 0 spiro atoms. The van der Waals surface area contributed by atoms with Gasteiger partial charge >= 0.3 is 5.92 Å². The topological polar surface area (TPSA) is 76.5 Å². The molecule has 2 N–H and O–H groups in total. The molecule has 0 aliphatic carbocycles. The lowest BCUT2D eigenvalue weighted by atomic mass is 9.91. The summed E-state index contributed by atoms with van der Waals surface area (Å²) >= 11 is 0. The molecule has 0 bridgehead atoms. The van der Waals surface area contributed by atoms with Crippen molar-refractivity contribution >= 4 is 16.7 Å². The van der Waals surface area contributed by atoms with Crippen molar-refractivity contribution < 1.29 is 27.8 Å². The zero-order chi connectivity index (χ0) is 24.4. The normalized spacial score (nSPS) is 13.2. The maximum atomic E-state index is 15.2. The van der Waals surface area contributed by atoms with E-state index in [-0.39, 0.29) is 5.56 Å². The summed E-state index contributed by atoms with van der Waals surface area (Å²) in [5.74, 6) is -3.36. The van der Waals surface area contributed by atoms with Gasteiger partial charge in [-0.1, -0.05) is 12.1 Å². The predicted molar refractivity (Wildman–Crippen MR) is 120 cm³/mol. The number of aryl methyl sites for hydroxylation is 1. The van der Waals surface area contributed by atoms with Crippen LogP contribution in [0.15, 0.2) is 36.4 Å². The van der Waals surface area contributed by atoms with Gasteiger partial charge in [-0.25, -0.2) is 14.4 Å². The third kappa shape index (κ3) is 5.20. The molecule has 1 unspecified atom stereocenters. The Morgan fingerprint density at radius 1 is 1.12 bits per heavy atom. The Kier molecular flexibility index (Phi) is 7.14. The number of ether oxygens (including phenoxy) is 2. The SMILES string of the molecule is COCCOc1ccc2nc(C)nc(NC(C)c3cccc(C(F)(F)C(C)(C)O)c3F)c2c1. The fourth-order valence-electron chi connectivity index (χ4n) is 3.41. The zero-order valence-electron chi connectivity index (χ0n) is 19.2. The zero-order valence-corrected chi connectivity index (χ0v) is 19.2. The van der Waals surface area contributed by atoms with E-state index < -0.39 is 28.9 Å². The summed E-state index contributed by atoms with van der Waals surface area (Å²) in [5, 5.41) is 13.6. The first-order chi connectivity index (χ1) is 15.5. The summed E-state index contributed by atoms with van der Waals surface area (Å²) < 4.78 is 55.2. The van der Waals surface area contributed by atoms with Crippen LogP contribution in [-0.2, 0) is 10.7 Å². The highest BCUT2D eigenvalue weighted by Gasteiger charge is 2.49. The summed E-state index contributed by atoms with van der Waals surface area (Å²) in [6.07, 6.45) is 0. The minimum Gasteiger partial charge on any atom is -0.491 e. The highest BCUT2D eigenvalue weighted by molar-refractivity contribution is 5.90. The lowest BCUT2D eigenvalue weighted by Crippen LogP contribution is -2.41. The van der Waals surface area contributed by atoms with Gasteiger partial charge in [0.25, 0.3) is 0 Å². The molecule has 178 valence electrons. The number of anilines is 1. The molecule has 2 aromatic carbocycles. The average Bonchev–Trinajstić information content (AvgIpc) is 2.73. The monoisotopic (exact) mass is 463 g/mol. The number of methoxy groups -OCH3 is 1. The van der Waals surface area contributed by atoms with E-state index in [0.29, 0.717) is 41.5 Å². The van der Waals surface area contributed by atoms with Crippen LogP contribution in [0.25, 0.3) is 10.9 Å². The standard InChI is InChI=1S/C24H28F3N3O3/c1-14(17-7-6-8-19(21(17)25)24(26,27)23(3,4)31)28-22-18-13-16(33-12-11-32-5)9-10-20(18)29-15(2)30-22/h6-10,13-14,31H,11-12H2,1-5H3,(H,28,29,30). The second-order valence-electron chi connectivity index (χ2n) is 8.35. The van der Waals surface area contributed by atoms with Gasteiger partial charge in [0.15, 0.2) is 0 Å². The molecular formula is C24H28F3N3O3. The van der Waals surface area contributed by atoms with E-state index >= 15 is 4.39 Å². The van der Waals surface area contributed by atoms with Gasteiger partial charge < -0.3 is 19.9 Å². The van der Waals surface area contributed by atoms with Gasteiger partial charge in [-0.2, -0.15) is 8.78 Å². The van der Waals surface area contributed by atoms with E-state index in [1.807, 2.05) is 0 Å². The summed E-state index contributed by atoms with van der Waals surface area (Å²) in [6.45, 7) is 6.05. The van der Waals surface area contributed by atoms with Crippen molar-refractivity contribution in [3.8, 4) is 5.75 Å². The van der Waals surface area contributed by atoms with Crippen molar-refractivity contribution in [1.29, 1.82) is 0 Å². The molecule has 3 rings (SSSR count). The quantitative estimate of drug-likeness (QED) is 0.428. The van der Waals surface area contributed by atoms with E-state index in [0.717, 1.165) is 19.9 Å². The van der Waals surface area contributed by atoms with Gasteiger partial charge in [-0.3, -0.25) is 0 Å². The van der Waals surface area contributed by atoms with Crippen LogP contribution in [0.1, 0.15) is 43.8 Å². The fraction of sp³-hybridized carbons (Fsp3) is 0.417. The maximum Gasteiger partial charge on any atom is 0.303 e. The van der Waals surface area contributed by atoms with Crippen molar-refractivity contribution in [2.75, 3.05) is 25.6 Å². The minimum absolute atomic E-state index is 0.0216. The Balaban J connectivity index is 1.97. The highest BCUT2D eigenvalue weighted by atomic mass is 19.3. The lowest BCUT2D eigenvalue weighted by Gasteiger charge is -2.30. The number of hydrogen-bond acceptors (Lipinski definition) is 6. The Morgan fingerprint density at radius 2 is 1.85 bits per heavy atom. The lowest BCUT2D eigenvalue weighted by molar-refractivity contribution is -0.170. The van der Waals surface area contributed by atoms with Crippen LogP contribution in [0.3, 0.4) is 0 Å². The summed E-state index contributed by atoms with van der Waals surface area (Å²) in [6, 6.07) is 8.36. The molecule has 0 aliphatic rings. The number of rotatable bonds is 9. The second kappa shape index (κ2) is 9.52. The maximum absolute atomic E-state index is 15.2. The number of halogens is 3. The van der Waals surface area contributed by atoms with Crippen LogP contribution in [0.2, 0.25) is 0 Å². The number of fused-ring (bicyclic) bond motifs is 1. The van der Waals surface area contributed by atoms with Crippen LogP contribution in [-0.4, -0.2) is 41.0 Å². The fourth-order valence-corrected chi connectivity index (χ4v) is 3.41. The second-order valence-corrected chi connectivity index (χ2v) is 8.35. The summed E-state index contributed by atoms with van der Waals surface area (Å²) in [4.78, 5) is 8.84. The smallest absolute Gasteiger partial charge is 0.303 e. The Labute approximate surface area is 190 Å². The predicted octanol–water partition coefficient (Wildman–Crippen LogP) is 5.14. The van der Waals surface area contributed by atoms with Gasteiger partial charge in [-0.15, -0.1) is 0 Å². The van der Waals surface area contributed by atoms with Gasteiger partial charge in [0.05, 0.1) is 23.7 Å². The van der Waals surface area contributed by atoms with Crippen LogP contribution in [0.4, 0.5) is 19.0 Å². The first-order valence-electron chi connectivity index (χ1n) is 10.5. The van der Waals surface area contributed by atoms with E-state index in [9.17, 15) is 13.9 Å². The molecule has 1 aromatic heterocycles. The summed E-state index contributed by atoms with van der Waals surface area (Å²) in [7, 11) is 1.58. The van der Waals surface area contributed by atoms with Gasteiger partial charge in [0, 0.05) is 18.1 Å². The number of nitrogens with zero attached hydrogens (tertiary/aromatic N) is 2. The largest absolute Gasteiger partial charge is 0.491 e. The van der Waals surface area contributed by atoms with Gasteiger partial charge in [-0.05, 0) is 52.0 Å². The van der Waals surface area contributed by atoms with Crippen LogP contribution < -0.4 is 10.1 Å². The molecule has 0 amide bonds. The van der Waals surface area contributed by atoms with Gasteiger partial charge in [0.1, 0.15) is 35.4 Å². The molecule has 0 radical (unpaired) electrons. The summed E-state index contributed by atoms with van der Waals surface area (Å²) in [5.41, 5.74) is -2.62. The average molecular weight is 464 g/mol. The molecule has 1 heterocycles. The van der Waals surface area contributed by atoms with Crippen molar-refractivity contribution in [1.82, 2.24) is 9.97 Å². The molecule has 9 heteroatoms. The Bertz CT molecular complexity index is 1130. The third-order valence-electron chi connectivity index (χ3n) is 5.29. The van der Waals surface area contributed by atoms with Crippen LogP contribution >= 0.6 is 0 Å². The number of benzene rings is 2. The number of hydrogen-bond donors (Lipinski definition) is 2. The van der Waals surface area contributed by atoms with E-state index in [4.69, 9.17) is 9.47 Å². The third-order valence-corrected chi connectivity index (χ3v) is 5.29. The van der Waals surface area contributed by atoms with Crippen LogP contribution in [0.5, 0.6) is 5.75 Å². The molecule has 1 atom stereocenters. The van der Waals surface area contributed by atoms with Gasteiger partial charge in [0.2, 0.25) is 0 Å². The molecule has 3 aromatic rings. The molecule has 0 aliphatic heterocycles. The van der Waals surface area contributed by atoms with Crippen molar-refractivity contribution in [3.63, 3.8) is 0 Å². The highest BCUT2D eigenvalue weighted by Crippen LogP contribution is 2.41. The molecule has 0 fully saturated rings. The van der Waals surface area contributed by atoms with E-state index in [2.05, 4.69) is 15.3 Å². The van der Waals surface area contributed by atoms with Crippen LogP contribution in [0, 0.1) is 12.7 Å².